The Kier molecular flexibility index (Phi) is 3.41. The van der Waals surface area contributed by atoms with Crippen LogP contribution in [0.2, 0.25) is 10.0 Å². The summed E-state index contributed by atoms with van der Waals surface area (Å²) in [4.78, 5) is 0. The van der Waals surface area contributed by atoms with Crippen LogP contribution in [0.5, 0.6) is 5.75 Å². The number of ether oxygens (including phenoxy) is 1. The number of halogens is 2. The summed E-state index contributed by atoms with van der Waals surface area (Å²) in [7, 11) is 1.52. The molecular weight excluding hydrogens is 209 g/mol. The molecule has 0 saturated carbocycles. The van der Waals surface area contributed by atoms with E-state index in [9.17, 15) is 0 Å². The van der Waals surface area contributed by atoms with Crippen molar-refractivity contribution < 1.29 is 4.74 Å². The van der Waals surface area contributed by atoms with Gasteiger partial charge in [0.25, 0.3) is 0 Å². The van der Waals surface area contributed by atoms with Gasteiger partial charge in [0, 0.05) is 15.6 Å². The van der Waals surface area contributed by atoms with Crippen LogP contribution in [0.25, 0.3) is 0 Å². The zero-order valence-electron chi connectivity index (χ0n) is 6.97. The summed E-state index contributed by atoms with van der Waals surface area (Å²) in [6.45, 7) is 0. The number of methoxy groups -OCH3 is 1. The number of hydrogen-bond donors (Lipinski definition) is 0. The van der Waals surface area contributed by atoms with Crippen LogP contribution in [-0.2, 0) is 6.42 Å². The molecule has 0 aromatic heterocycles. The van der Waals surface area contributed by atoms with Crippen molar-refractivity contribution in [1.82, 2.24) is 0 Å². The number of benzene rings is 1. The molecule has 0 aliphatic heterocycles. The Morgan fingerprint density at radius 1 is 1.46 bits per heavy atom. The lowest BCUT2D eigenvalue weighted by atomic mass is 10.1. The Bertz CT molecular complexity index is 357. The zero-order chi connectivity index (χ0) is 9.84. The third-order valence-corrected chi connectivity index (χ3v) is 2.15. The van der Waals surface area contributed by atoms with Gasteiger partial charge < -0.3 is 4.74 Å². The van der Waals surface area contributed by atoms with Crippen LogP contribution >= 0.6 is 23.2 Å². The van der Waals surface area contributed by atoms with Crippen LogP contribution < -0.4 is 4.74 Å². The van der Waals surface area contributed by atoms with E-state index < -0.39 is 0 Å². The van der Waals surface area contributed by atoms with Crippen molar-refractivity contribution >= 4 is 23.2 Å². The van der Waals surface area contributed by atoms with E-state index in [1.807, 2.05) is 6.07 Å². The molecule has 0 atom stereocenters. The van der Waals surface area contributed by atoms with Crippen LogP contribution in [0, 0.1) is 11.3 Å². The van der Waals surface area contributed by atoms with Crippen molar-refractivity contribution in [2.24, 2.45) is 0 Å². The maximum atomic E-state index is 8.54. The topological polar surface area (TPSA) is 33.0 Å². The molecule has 2 nitrogen and oxygen atoms in total. The Balaban J connectivity index is 3.23. The van der Waals surface area contributed by atoms with E-state index in [0.29, 0.717) is 21.4 Å². The lowest BCUT2D eigenvalue weighted by Gasteiger charge is -2.07. The molecule has 13 heavy (non-hydrogen) atoms. The molecule has 4 heteroatoms. The van der Waals surface area contributed by atoms with Crippen molar-refractivity contribution in [3.05, 3.63) is 27.7 Å². The first-order valence-electron chi connectivity index (χ1n) is 3.58. The second kappa shape index (κ2) is 4.36. The number of nitriles is 1. The van der Waals surface area contributed by atoms with Crippen molar-refractivity contribution in [1.29, 1.82) is 5.26 Å². The standard InChI is InChI=1S/C9H7Cl2NO/c1-13-9-5-6(10)4-8(11)7(9)2-3-12/h4-5H,2H2,1H3. The zero-order valence-corrected chi connectivity index (χ0v) is 8.49. The van der Waals surface area contributed by atoms with Crippen molar-refractivity contribution in [2.75, 3.05) is 7.11 Å². The highest BCUT2D eigenvalue weighted by Crippen LogP contribution is 2.30. The van der Waals surface area contributed by atoms with Gasteiger partial charge >= 0.3 is 0 Å². The molecule has 0 aliphatic carbocycles. The van der Waals surface area contributed by atoms with E-state index in [1.165, 1.54) is 7.11 Å². The number of hydrogen-bond acceptors (Lipinski definition) is 2. The minimum Gasteiger partial charge on any atom is -0.496 e. The SMILES string of the molecule is COc1cc(Cl)cc(Cl)c1CC#N. The van der Waals surface area contributed by atoms with Crippen LogP contribution in [0.1, 0.15) is 5.56 Å². The molecule has 0 unspecified atom stereocenters. The molecule has 0 radical (unpaired) electrons. The van der Waals surface area contributed by atoms with Gasteiger partial charge in [0.15, 0.2) is 0 Å². The van der Waals surface area contributed by atoms with Crippen molar-refractivity contribution in [3.8, 4) is 11.8 Å². The molecule has 0 heterocycles. The first-order valence-corrected chi connectivity index (χ1v) is 4.33. The predicted molar refractivity (Wildman–Crippen MR) is 52.3 cm³/mol. The quantitative estimate of drug-likeness (QED) is 0.760. The average molecular weight is 216 g/mol. The summed E-state index contributed by atoms with van der Waals surface area (Å²) in [5, 5.41) is 9.50. The maximum Gasteiger partial charge on any atom is 0.126 e. The fourth-order valence-corrected chi connectivity index (χ4v) is 1.55. The third-order valence-electron chi connectivity index (χ3n) is 1.60. The molecule has 0 aliphatic rings. The fraction of sp³-hybridized carbons (Fsp3) is 0.222. The molecule has 1 aromatic carbocycles. The van der Waals surface area contributed by atoms with E-state index in [-0.39, 0.29) is 6.42 Å². The van der Waals surface area contributed by atoms with E-state index in [4.69, 9.17) is 33.2 Å². The second-order valence-corrected chi connectivity index (χ2v) is 3.25. The highest BCUT2D eigenvalue weighted by Gasteiger charge is 2.08. The van der Waals surface area contributed by atoms with Crippen LogP contribution in [-0.4, -0.2) is 7.11 Å². The van der Waals surface area contributed by atoms with Crippen LogP contribution in [0.15, 0.2) is 12.1 Å². The molecule has 0 N–H and O–H groups in total. The lowest BCUT2D eigenvalue weighted by Crippen LogP contribution is -1.92. The van der Waals surface area contributed by atoms with E-state index in [1.54, 1.807) is 12.1 Å². The van der Waals surface area contributed by atoms with Crippen LogP contribution in [0.4, 0.5) is 0 Å². The van der Waals surface area contributed by atoms with Gasteiger partial charge in [-0.05, 0) is 12.1 Å². The Morgan fingerprint density at radius 2 is 2.15 bits per heavy atom. The fourth-order valence-electron chi connectivity index (χ4n) is 1.01. The summed E-state index contributed by atoms with van der Waals surface area (Å²) in [6.07, 6.45) is 0.221. The molecule has 68 valence electrons. The number of nitrogens with zero attached hydrogens (tertiary/aromatic N) is 1. The Morgan fingerprint density at radius 3 is 2.69 bits per heavy atom. The predicted octanol–water partition coefficient (Wildman–Crippen LogP) is 3.07. The summed E-state index contributed by atoms with van der Waals surface area (Å²) in [5.74, 6) is 0.555. The molecule has 0 fully saturated rings. The third kappa shape index (κ3) is 2.27. The van der Waals surface area contributed by atoms with Gasteiger partial charge in [-0.15, -0.1) is 0 Å². The van der Waals surface area contributed by atoms with Crippen molar-refractivity contribution in [2.45, 2.75) is 6.42 Å². The van der Waals surface area contributed by atoms with Gasteiger partial charge in [-0.2, -0.15) is 5.26 Å². The first-order chi connectivity index (χ1) is 6.19. The average Bonchev–Trinajstić information content (AvgIpc) is 2.09. The normalized spacial score (nSPS) is 9.38. The molecule has 0 amide bonds. The Hall–Kier alpha value is -0.910. The maximum absolute atomic E-state index is 8.54. The van der Waals surface area contributed by atoms with E-state index in [0.717, 1.165) is 0 Å². The van der Waals surface area contributed by atoms with E-state index >= 15 is 0 Å². The van der Waals surface area contributed by atoms with Gasteiger partial charge in [-0.25, -0.2) is 0 Å². The van der Waals surface area contributed by atoms with Crippen LogP contribution in [0.3, 0.4) is 0 Å². The molecule has 0 bridgehead atoms. The first kappa shape index (κ1) is 10.2. The van der Waals surface area contributed by atoms with Gasteiger partial charge in [-0.3, -0.25) is 0 Å². The van der Waals surface area contributed by atoms with Gasteiger partial charge in [0.05, 0.1) is 19.6 Å². The summed E-state index contributed by atoms with van der Waals surface area (Å²) < 4.78 is 5.04. The van der Waals surface area contributed by atoms with Gasteiger partial charge in [0.1, 0.15) is 5.75 Å². The lowest BCUT2D eigenvalue weighted by molar-refractivity contribution is 0.411. The molecule has 0 spiro atoms. The molecule has 0 saturated heterocycles. The molecule has 1 aromatic rings. The summed E-state index contributed by atoms with van der Waals surface area (Å²) >= 11 is 11.6. The highest BCUT2D eigenvalue weighted by atomic mass is 35.5. The monoisotopic (exact) mass is 215 g/mol. The minimum atomic E-state index is 0.221. The highest BCUT2D eigenvalue weighted by molar-refractivity contribution is 6.35. The second-order valence-electron chi connectivity index (χ2n) is 2.40. The van der Waals surface area contributed by atoms with Gasteiger partial charge in [-0.1, -0.05) is 23.2 Å². The molecule has 1 rings (SSSR count). The number of rotatable bonds is 2. The van der Waals surface area contributed by atoms with Gasteiger partial charge in [0.2, 0.25) is 0 Å². The van der Waals surface area contributed by atoms with E-state index in [2.05, 4.69) is 0 Å². The minimum absolute atomic E-state index is 0.221. The molecular formula is C9H7Cl2NO. The summed E-state index contributed by atoms with van der Waals surface area (Å²) in [6, 6.07) is 5.25. The van der Waals surface area contributed by atoms with Crippen molar-refractivity contribution in [3.63, 3.8) is 0 Å². The largest absolute Gasteiger partial charge is 0.496 e. The summed E-state index contributed by atoms with van der Waals surface area (Å²) in [5.41, 5.74) is 0.677. The smallest absolute Gasteiger partial charge is 0.126 e. The Labute approximate surface area is 86.6 Å².